The summed E-state index contributed by atoms with van der Waals surface area (Å²) in [5, 5.41) is 0. The van der Waals surface area contributed by atoms with Crippen molar-refractivity contribution in [2.24, 2.45) is 0 Å². The molecule has 6 nitrogen and oxygen atoms in total. The number of ether oxygens (including phenoxy) is 3. The molecule has 0 saturated heterocycles. The Hall–Kier alpha value is -3.93. The number of esters is 3. The molecule has 0 aliphatic heterocycles. The van der Waals surface area contributed by atoms with Gasteiger partial charge < -0.3 is 14.2 Å². The van der Waals surface area contributed by atoms with Crippen LogP contribution in [0.15, 0.2) is 109 Å². The maximum atomic E-state index is 12.8. The van der Waals surface area contributed by atoms with E-state index in [0.29, 0.717) is 19.3 Å². The Morgan fingerprint density at radius 3 is 0.889 bits per heavy atom. The van der Waals surface area contributed by atoms with Crippen LogP contribution in [-0.2, 0) is 28.6 Å². The van der Waals surface area contributed by atoms with Gasteiger partial charge in [-0.25, -0.2) is 0 Å². The first kappa shape index (κ1) is 68.1. The lowest BCUT2D eigenvalue weighted by molar-refractivity contribution is -0.167. The fourth-order valence-electron chi connectivity index (χ4n) is 8.12. The van der Waals surface area contributed by atoms with Crippen LogP contribution in [-0.4, -0.2) is 37.2 Å². The van der Waals surface area contributed by atoms with Gasteiger partial charge in [0.2, 0.25) is 0 Å². The second kappa shape index (κ2) is 59.6. The van der Waals surface area contributed by atoms with Crippen molar-refractivity contribution in [2.45, 2.75) is 277 Å². The zero-order valence-corrected chi connectivity index (χ0v) is 46.9. The van der Waals surface area contributed by atoms with E-state index in [2.05, 4.69) is 130 Å². The number of rotatable bonds is 53. The Balaban J connectivity index is 4.28. The van der Waals surface area contributed by atoms with Gasteiger partial charge in [-0.1, -0.05) is 265 Å². The molecular formula is C66H110O6. The standard InChI is InChI=1S/C66H110O6/c1-4-7-10-13-16-19-22-24-26-28-29-30-31-32-33-34-35-36-37-39-40-42-44-47-50-53-56-59-65(68)71-62-63(61-70-64(67)58-55-52-49-46-21-18-15-12-9-6-3)72-66(69)60-57-54-51-48-45-43-41-38-27-25-23-20-17-14-11-8-5-2/h7-8,10-11,16-17,19-20,24-27,29-30,41,43,48,51,63H,4-6,9,12-15,18,21-23,28,31-40,42,44-47,49-50,52-62H2,1-3H3/b10-7-,11-8-,19-16-,20-17-,26-24-,27-25-,30-29-,43-41-,51-48-. The molecule has 0 saturated carbocycles. The lowest BCUT2D eigenvalue weighted by Gasteiger charge is -2.18. The molecule has 410 valence electrons. The van der Waals surface area contributed by atoms with Gasteiger partial charge in [-0.3, -0.25) is 14.4 Å². The minimum atomic E-state index is -0.807. The van der Waals surface area contributed by atoms with Gasteiger partial charge in [-0.05, 0) is 96.3 Å². The Morgan fingerprint density at radius 1 is 0.292 bits per heavy atom. The molecule has 0 heterocycles. The fourth-order valence-corrected chi connectivity index (χ4v) is 8.12. The van der Waals surface area contributed by atoms with E-state index in [-0.39, 0.29) is 37.5 Å². The van der Waals surface area contributed by atoms with Gasteiger partial charge in [0.15, 0.2) is 6.10 Å². The van der Waals surface area contributed by atoms with Crippen molar-refractivity contribution < 1.29 is 28.6 Å². The summed E-state index contributed by atoms with van der Waals surface area (Å²) in [6, 6.07) is 0. The number of hydrogen-bond donors (Lipinski definition) is 0. The lowest BCUT2D eigenvalue weighted by atomic mass is 10.0. The SMILES string of the molecule is CC/C=C\C/C=C\C/C=C\C/C=C\C/C=C\CCCC(=O)OC(COC(=O)CCCCCCCCCCCC)COC(=O)CCCCCCCCCCCCCCCC/C=C\C/C=C\C/C=C\C/C=C\CC. The molecule has 0 aliphatic carbocycles. The van der Waals surface area contributed by atoms with Crippen LogP contribution in [0.4, 0.5) is 0 Å². The van der Waals surface area contributed by atoms with E-state index in [4.69, 9.17) is 14.2 Å². The van der Waals surface area contributed by atoms with Crippen LogP contribution in [0.2, 0.25) is 0 Å². The average Bonchev–Trinajstić information content (AvgIpc) is 3.38. The van der Waals surface area contributed by atoms with E-state index in [0.717, 1.165) is 103 Å². The van der Waals surface area contributed by atoms with Crippen molar-refractivity contribution in [1.29, 1.82) is 0 Å². The monoisotopic (exact) mass is 999 g/mol. The van der Waals surface area contributed by atoms with E-state index in [1.807, 2.05) is 0 Å². The predicted octanol–water partition coefficient (Wildman–Crippen LogP) is 20.3. The predicted molar refractivity (Wildman–Crippen MR) is 311 cm³/mol. The third kappa shape index (κ3) is 57.0. The minimum Gasteiger partial charge on any atom is -0.462 e. The number of allylic oxidation sites excluding steroid dienone is 18. The molecule has 0 aliphatic rings. The van der Waals surface area contributed by atoms with Crippen molar-refractivity contribution in [1.82, 2.24) is 0 Å². The summed E-state index contributed by atoms with van der Waals surface area (Å²) >= 11 is 0. The summed E-state index contributed by atoms with van der Waals surface area (Å²) in [6.45, 7) is 6.36. The topological polar surface area (TPSA) is 78.9 Å². The summed E-state index contributed by atoms with van der Waals surface area (Å²) < 4.78 is 16.8. The highest BCUT2D eigenvalue weighted by molar-refractivity contribution is 5.71. The van der Waals surface area contributed by atoms with Crippen molar-refractivity contribution in [3.05, 3.63) is 109 Å². The molecule has 0 amide bonds. The Labute approximate surface area is 444 Å². The first-order valence-corrected chi connectivity index (χ1v) is 29.9. The third-order valence-electron chi connectivity index (χ3n) is 12.5. The molecule has 0 radical (unpaired) electrons. The molecular weight excluding hydrogens is 889 g/mol. The van der Waals surface area contributed by atoms with Crippen LogP contribution < -0.4 is 0 Å². The Bertz CT molecular complexity index is 1470. The zero-order chi connectivity index (χ0) is 52.2. The Kier molecular flexibility index (Phi) is 56.4. The molecule has 0 fully saturated rings. The van der Waals surface area contributed by atoms with Crippen molar-refractivity contribution in [3.8, 4) is 0 Å². The van der Waals surface area contributed by atoms with E-state index >= 15 is 0 Å². The van der Waals surface area contributed by atoms with Crippen molar-refractivity contribution >= 4 is 17.9 Å². The average molecular weight is 1000 g/mol. The molecule has 0 aromatic rings. The molecule has 0 spiro atoms. The minimum absolute atomic E-state index is 0.0991. The second-order valence-corrected chi connectivity index (χ2v) is 19.5. The van der Waals surface area contributed by atoms with E-state index in [9.17, 15) is 14.4 Å². The number of carbonyl (C=O) groups excluding carboxylic acids is 3. The van der Waals surface area contributed by atoms with Gasteiger partial charge in [-0.15, -0.1) is 0 Å². The maximum Gasteiger partial charge on any atom is 0.306 e. The van der Waals surface area contributed by atoms with Crippen LogP contribution in [0.25, 0.3) is 0 Å². The number of unbranched alkanes of at least 4 members (excludes halogenated alkanes) is 24. The van der Waals surface area contributed by atoms with Gasteiger partial charge >= 0.3 is 17.9 Å². The van der Waals surface area contributed by atoms with E-state index in [1.165, 1.54) is 122 Å². The van der Waals surface area contributed by atoms with Crippen LogP contribution in [0.3, 0.4) is 0 Å². The van der Waals surface area contributed by atoms with Gasteiger partial charge in [-0.2, -0.15) is 0 Å². The van der Waals surface area contributed by atoms with E-state index in [1.54, 1.807) is 0 Å². The normalized spacial score (nSPS) is 12.9. The summed E-state index contributed by atoms with van der Waals surface area (Å²) in [5.74, 6) is -0.957. The first-order valence-electron chi connectivity index (χ1n) is 29.9. The number of hydrogen-bond acceptors (Lipinski definition) is 6. The smallest absolute Gasteiger partial charge is 0.306 e. The van der Waals surface area contributed by atoms with Crippen LogP contribution in [0.5, 0.6) is 0 Å². The van der Waals surface area contributed by atoms with Gasteiger partial charge in [0.05, 0.1) is 0 Å². The highest BCUT2D eigenvalue weighted by Gasteiger charge is 2.19. The van der Waals surface area contributed by atoms with Crippen LogP contribution >= 0.6 is 0 Å². The van der Waals surface area contributed by atoms with Gasteiger partial charge in [0.25, 0.3) is 0 Å². The first-order chi connectivity index (χ1) is 35.5. The summed E-state index contributed by atoms with van der Waals surface area (Å²) in [7, 11) is 0. The van der Waals surface area contributed by atoms with Gasteiger partial charge in [0, 0.05) is 19.3 Å². The quantitative estimate of drug-likeness (QED) is 0.0261. The molecule has 0 aromatic carbocycles. The molecule has 6 heteroatoms. The van der Waals surface area contributed by atoms with Crippen LogP contribution in [0.1, 0.15) is 271 Å². The highest BCUT2D eigenvalue weighted by atomic mass is 16.6. The molecule has 0 N–H and O–H groups in total. The molecule has 72 heavy (non-hydrogen) atoms. The zero-order valence-electron chi connectivity index (χ0n) is 46.9. The van der Waals surface area contributed by atoms with Gasteiger partial charge in [0.1, 0.15) is 13.2 Å². The molecule has 0 rings (SSSR count). The number of carbonyl (C=O) groups is 3. The molecule has 1 atom stereocenters. The highest BCUT2D eigenvalue weighted by Crippen LogP contribution is 2.16. The van der Waals surface area contributed by atoms with E-state index < -0.39 is 6.10 Å². The molecule has 1 unspecified atom stereocenters. The lowest BCUT2D eigenvalue weighted by Crippen LogP contribution is -2.30. The molecule has 0 aromatic heterocycles. The Morgan fingerprint density at radius 2 is 0.556 bits per heavy atom. The second-order valence-electron chi connectivity index (χ2n) is 19.5. The fraction of sp³-hybridized carbons (Fsp3) is 0.682. The van der Waals surface area contributed by atoms with Crippen LogP contribution in [0, 0.1) is 0 Å². The van der Waals surface area contributed by atoms with Crippen molar-refractivity contribution in [2.75, 3.05) is 13.2 Å². The third-order valence-corrected chi connectivity index (χ3v) is 12.5. The summed E-state index contributed by atoms with van der Waals surface area (Å²) in [5.41, 5.74) is 0. The summed E-state index contributed by atoms with van der Waals surface area (Å²) in [4.78, 5) is 38.1. The summed E-state index contributed by atoms with van der Waals surface area (Å²) in [6.07, 6.45) is 81.0. The largest absolute Gasteiger partial charge is 0.462 e. The maximum absolute atomic E-state index is 12.8. The molecule has 0 bridgehead atoms. The van der Waals surface area contributed by atoms with Crippen molar-refractivity contribution in [3.63, 3.8) is 0 Å².